The molecule has 2 aliphatic rings. The predicted molar refractivity (Wildman–Crippen MR) is 163 cm³/mol. The van der Waals surface area contributed by atoms with Crippen molar-refractivity contribution in [3.8, 4) is 0 Å². The average Bonchev–Trinajstić information content (AvgIpc) is 2.81. The molecule has 0 aromatic heterocycles. The quantitative estimate of drug-likeness (QED) is 0.229. The SMILES string of the molecule is C=CC(C)(C)[C@@]1(O)CC2(C[C@@H](C[C@@H](O[Si](C)(C)C(C)(C)C)[C@@H](C)OCc3ccccc3)O1)SCCCS2. The van der Waals surface area contributed by atoms with Crippen LogP contribution in [-0.2, 0) is 20.5 Å². The van der Waals surface area contributed by atoms with Gasteiger partial charge < -0.3 is 19.0 Å². The lowest BCUT2D eigenvalue weighted by atomic mass is 9.78. The summed E-state index contributed by atoms with van der Waals surface area (Å²) in [5.41, 5.74) is 0.591. The van der Waals surface area contributed by atoms with Crippen LogP contribution in [0.2, 0.25) is 18.1 Å². The third-order valence-corrected chi connectivity index (χ3v) is 16.4. The molecular weight excluding hydrogens is 517 g/mol. The van der Waals surface area contributed by atoms with E-state index in [9.17, 15) is 5.11 Å². The molecule has 0 saturated carbocycles. The van der Waals surface area contributed by atoms with Gasteiger partial charge in [-0.2, -0.15) is 0 Å². The first-order valence-corrected chi connectivity index (χ1v) is 18.6. The third-order valence-electron chi connectivity index (χ3n) is 8.57. The second-order valence-corrected chi connectivity index (χ2v) is 20.9. The van der Waals surface area contributed by atoms with E-state index in [2.05, 4.69) is 59.5 Å². The van der Waals surface area contributed by atoms with Gasteiger partial charge in [0.2, 0.25) is 0 Å². The Morgan fingerprint density at radius 2 is 1.78 bits per heavy atom. The van der Waals surface area contributed by atoms with Crippen LogP contribution in [0, 0.1) is 5.41 Å². The van der Waals surface area contributed by atoms with Crippen LogP contribution in [0.25, 0.3) is 0 Å². The lowest BCUT2D eigenvalue weighted by Gasteiger charge is -2.54. The summed E-state index contributed by atoms with van der Waals surface area (Å²) in [7, 11) is -2.08. The van der Waals surface area contributed by atoms with Gasteiger partial charge in [-0.25, -0.2) is 0 Å². The Labute approximate surface area is 235 Å². The average molecular weight is 567 g/mol. The minimum absolute atomic E-state index is 0.0497. The van der Waals surface area contributed by atoms with E-state index in [1.54, 1.807) is 0 Å². The molecule has 2 saturated heterocycles. The number of ether oxygens (including phenoxy) is 2. The summed E-state index contributed by atoms with van der Waals surface area (Å²) < 4.78 is 20.0. The van der Waals surface area contributed by atoms with E-state index in [0.29, 0.717) is 19.4 Å². The van der Waals surface area contributed by atoms with Crippen LogP contribution in [0.3, 0.4) is 0 Å². The van der Waals surface area contributed by atoms with Gasteiger partial charge in [-0.05, 0) is 55.0 Å². The zero-order chi connectivity index (χ0) is 27.5. The smallest absolute Gasteiger partial charge is 0.192 e. The van der Waals surface area contributed by atoms with Crippen molar-refractivity contribution in [2.75, 3.05) is 11.5 Å². The summed E-state index contributed by atoms with van der Waals surface area (Å²) >= 11 is 4.01. The fourth-order valence-electron chi connectivity index (χ4n) is 4.71. The summed E-state index contributed by atoms with van der Waals surface area (Å²) in [6.07, 6.45) is 4.90. The zero-order valence-electron chi connectivity index (χ0n) is 24.3. The van der Waals surface area contributed by atoms with Gasteiger partial charge in [0.15, 0.2) is 14.1 Å². The summed E-state index contributed by atoms with van der Waals surface area (Å²) in [4.78, 5) is 0. The van der Waals surface area contributed by atoms with Crippen LogP contribution in [0.4, 0.5) is 0 Å². The van der Waals surface area contributed by atoms with Crippen molar-refractivity contribution < 1.29 is 19.0 Å². The Bertz CT molecular complexity index is 879. The molecule has 0 amide bonds. The van der Waals surface area contributed by atoms with E-state index in [1.807, 2.05) is 61.6 Å². The molecule has 2 heterocycles. The van der Waals surface area contributed by atoms with E-state index in [-0.39, 0.29) is 27.4 Å². The molecule has 1 N–H and O–H groups in total. The van der Waals surface area contributed by atoms with Crippen LogP contribution in [0.15, 0.2) is 43.0 Å². The number of rotatable bonds is 10. The van der Waals surface area contributed by atoms with Crippen molar-refractivity contribution in [1.82, 2.24) is 0 Å². The molecule has 4 atom stereocenters. The number of benzene rings is 1. The second-order valence-electron chi connectivity index (χ2n) is 12.9. The van der Waals surface area contributed by atoms with Crippen LogP contribution in [0.5, 0.6) is 0 Å². The van der Waals surface area contributed by atoms with Crippen LogP contribution < -0.4 is 0 Å². The molecule has 1 spiro atoms. The van der Waals surface area contributed by atoms with Gasteiger partial charge in [0.1, 0.15) is 0 Å². The van der Waals surface area contributed by atoms with Gasteiger partial charge in [0.25, 0.3) is 0 Å². The number of hydrogen-bond acceptors (Lipinski definition) is 6. The lowest BCUT2D eigenvalue weighted by Crippen LogP contribution is -2.58. The van der Waals surface area contributed by atoms with Gasteiger partial charge in [0.05, 0.1) is 29.0 Å². The topological polar surface area (TPSA) is 47.9 Å². The van der Waals surface area contributed by atoms with Gasteiger partial charge in [-0.3, -0.25) is 0 Å². The van der Waals surface area contributed by atoms with E-state index in [1.165, 1.54) is 6.42 Å². The molecule has 0 unspecified atom stereocenters. The molecule has 1 aromatic carbocycles. The maximum absolute atomic E-state index is 12.0. The molecule has 37 heavy (non-hydrogen) atoms. The normalized spacial score (nSPS) is 26.6. The van der Waals surface area contributed by atoms with Gasteiger partial charge in [-0.15, -0.1) is 30.1 Å². The lowest BCUT2D eigenvalue weighted by molar-refractivity contribution is -0.299. The number of hydrogen-bond donors (Lipinski definition) is 1. The Balaban J connectivity index is 1.87. The van der Waals surface area contributed by atoms with E-state index < -0.39 is 19.5 Å². The van der Waals surface area contributed by atoms with Crippen LogP contribution in [0.1, 0.15) is 72.8 Å². The number of aliphatic hydroxyl groups is 1. The van der Waals surface area contributed by atoms with Crippen LogP contribution >= 0.6 is 23.5 Å². The molecule has 2 fully saturated rings. The van der Waals surface area contributed by atoms with Crippen molar-refractivity contribution in [1.29, 1.82) is 0 Å². The maximum Gasteiger partial charge on any atom is 0.192 e. The van der Waals surface area contributed by atoms with Gasteiger partial charge >= 0.3 is 0 Å². The van der Waals surface area contributed by atoms with Gasteiger partial charge in [0, 0.05) is 18.3 Å². The molecule has 1 aromatic rings. The van der Waals surface area contributed by atoms with Crippen LogP contribution in [-0.4, -0.2) is 53.1 Å². The molecule has 0 radical (unpaired) electrons. The molecule has 7 heteroatoms. The molecule has 3 rings (SSSR count). The van der Waals surface area contributed by atoms with Crippen molar-refractivity contribution in [3.63, 3.8) is 0 Å². The first-order valence-electron chi connectivity index (χ1n) is 13.8. The molecule has 0 bridgehead atoms. The molecule has 0 aliphatic carbocycles. The Morgan fingerprint density at radius 3 is 2.35 bits per heavy atom. The Morgan fingerprint density at radius 1 is 1.16 bits per heavy atom. The molecule has 2 aliphatic heterocycles. The van der Waals surface area contributed by atoms with Crippen molar-refractivity contribution >= 4 is 31.8 Å². The van der Waals surface area contributed by atoms with E-state index in [0.717, 1.165) is 23.5 Å². The van der Waals surface area contributed by atoms with Gasteiger partial charge in [-0.1, -0.05) is 71.0 Å². The monoisotopic (exact) mass is 566 g/mol. The maximum atomic E-state index is 12.0. The highest BCUT2D eigenvalue weighted by Crippen LogP contribution is 2.57. The highest BCUT2D eigenvalue weighted by Gasteiger charge is 2.56. The minimum atomic E-state index is -2.08. The summed E-state index contributed by atoms with van der Waals surface area (Å²) in [5.74, 6) is 0.986. The zero-order valence-corrected chi connectivity index (χ0v) is 27.0. The standard InChI is InChI=1S/C30H50O4S2Si/c1-10-28(6,7)30(31)22-29(35-17-14-18-36-29)20-25(33-30)19-26(34-37(8,9)27(3,4)5)23(2)32-21-24-15-12-11-13-16-24/h10-13,15-16,23,25-26,31H,1,14,17-22H2,2-9H3/t23-,25-,26-,30-/m1/s1. The summed E-state index contributed by atoms with van der Waals surface area (Å²) in [6, 6.07) is 10.3. The van der Waals surface area contributed by atoms with E-state index in [4.69, 9.17) is 13.9 Å². The van der Waals surface area contributed by atoms with Crippen molar-refractivity contribution in [2.24, 2.45) is 5.41 Å². The molecule has 4 nitrogen and oxygen atoms in total. The van der Waals surface area contributed by atoms with Crippen molar-refractivity contribution in [3.05, 3.63) is 48.6 Å². The number of thioether (sulfide) groups is 2. The fraction of sp³-hybridized carbons (Fsp3) is 0.733. The van der Waals surface area contributed by atoms with E-state index >= 15 is 0 Å². The summed E-state index contributed by atoms with van der Waals surface area (Å²) in [5, 5.41) is 12.1. The molecular formula is C30H50O4S2Si. The third kappa shape index (κ3) is 7.68. The fourth-order valence-corrected chi connectivity index (χ4v) is 9.65. The highest BCUT2D eigenvalue weighted by molar-refractivity contribution is 8.18. The predicted octanol–water partition coefficient (Wildman–Crippen LogP) is 8.02. The Hall–Kier alpha value is -0.283. The molecule has 210 valence electrons. The second kappa shape index (κ2) is 12.1. The van der Waals surface area contributed by atoms with Crippen molar-refractivity contribution in [2.45, 2.75) is 120 Å². The summed E-state index contributed by atoms with van der Waals surface area (Å²) in [6.45, 7) is 22.2. The first-order chi connectivity index (χ1) is 17.1. The first kappa shape index (κ1) is 31.2. The Kier molecular flexibility index (Phi) is 10.2. The largest absolute Gasteiger partial charge is 0.411 e. The minimum Gasteiger partial charge on any atom is -0.411 e. The highest BCUT2D eigenvalue weighted by atomic mass is 32.2.